The number of hydrogen-bond donors (Lipinski definition) is 2. The molecule has 1 fully saturated rings. The van der Waals surface area contributed by atoms with Crippen LogP contribution in [0, 0.1) is 17.6 Å². The van der Waals surface area contributed by atoms with Gasteiger partial charge in [-0.15, -0.1) is 0 Å². The second-order valence-electron chi connectivity index (χ2n) is 5.93. The highest BCUT2D eigenvalue weighted by molar-refractivity contribution is 5.90. The monoisotopic (exact) mass is 357 g/mol. The van der Waals surface area contributed by atoms with Gasteiger partial charge in [-0.1, -0.05) is 6.92 Å². The van der Waals surface area contributed by atoms with Crippen molar-refractivity contribution in [3.05, 3.63) is 23.8 Å². The van der Waals surface area contributed by atoms with Gasteiger partial charge < -0.3 is 25.0 Å². The number of hydrogen-bond acceptors (Lipinski definition) is 4. The minimum Gasteiger partial charge on any atom is -0.481 e. The maximum Gasteiger partial charge on any atom is 0.321 e. The molecule has 9 heteroatoms. The number of amides is 2. The number of carbonyl (C=O) groups is 2. The van der Waals surface area contributed by atoms with Crippen molar-refractivity contribution in [2.24, 2.45) is 5.92 Å². The van der Waals surface area contributed by atoms with Crippen LogP contribution >= 0.6 is 0 Å². The molecule has 2 amide bonds. The summed E-state index contributed by atoms with van der Waals surface area (Å²) in [4.78, 5) is 25.6. The smallest absolute Gasteiger partial charge is 0.321 e. The second kappa shape index (κ2) is 8.11. The van der Waals surface area contributed by atoms with E-state index in [4.69, 9.17) is 9.84 Å². The summed E-state index contributed by atoms with van der Waals surface area (Å²) in [6, 6.07) is 1.24. The van der Waals surface area contributed by atoms with Crippen LogP contribution in [0.2, 0.25) is 0 Å². The van der Waals surface area contributed by atoms with Gasteiger partial charge in [0, 0.05) is 38.8 Å². The molecule has 1 atom stereocenters. The average molecular weight is 357 g/mol. The molecule has 2 N–H and O–H groups in total. The summed E-state index contributed by atoms with van der Waals surface area (Å²) < 4.78 is 33.7. The zero-order chi connectivity index (χ0) is 18.6. The van der Waals surface area contributed by atoms with Crippen molar-refractivity contribution in [3.63, 3.8) is 0 Å². The third-order valence-electron chi connectivity index (χ3n) is 3.95. The normalized spacial score (nSPS) is 15.6. The van der Waals surface area contributed by atoms with Crippen LogP contribution in [0.1, 0.15) is 6.92 Å². The van der Waals surface area contributed by atoms with Crippen LogP contribution in [-0.4, -0.2) is 61.9 Å². The molecule has 1 saturated heterocycles. The lowest BCUT2D eigenvalue weighted by Gasteiger charge is -2.29. The molecule has 0 bridgehead atoms. The van der Waals surface area contributed by atoms with E-state index in [1.807, 2.05) is 0 Å². The Balaban J connectivity index is 2.08. The molecule has 0 aliphatic carbocycles. The molecule has 0 saturated carbocycles. The number of carbonyl (C=O) groups excluding carboxylic acids is 1. The van der Waals surface area contributed by atoms with Crippen molar-refractivity contribution in [1.82, 2.24) is 4.90 Å². The first kappa shape index (κ1) is 18.9. The zero-order valence-corrected chi connectivity index (χ0v) is 14.1. The van der Waals surface area contributed by atoms with E-state index in [9.17, 15) is 18.4 Å². The number of aliphatic carboxylic acids is 1. The highest BCUT2D eigenvalue weighted by atomic mass is 19.1. The van der Waals surface area contributed by atoms with Crippen LogP contribution in [0.3, 0.4) is 0 Å². The Morgan fingerprint density at radius 1 is 1.32 bits per heavy atom. The van der Waals surface area contributed by atoms with Crippen LogP contribution in [-0.2, 0) is 9.53 Å². The number of carboxylic acids is 1. The molecule has 138 valence electrons. The van der Waals surface area contributed by atoms with Crippen LogP contribution in [0.25, 0.3) is 0 Å². The molecule has 0 radical (unpaired) electrons. The third-order valence-corrected chi connectivity index (χ3v) is 3.95. The molecule has 0 spiro atoms. The first-order chi connectivity index (χ1) is 11.8. The molecular formula is C16H21F2N3O4. The van der Waals surface area contributed by atoms with Crippen molar-refractivity contribution in [2.75, 3.05) is 50.1 Å². The van der Waals surface area contributed by atoms with E-state index < -0.39 is 29.6 Å². The fourth-order valence-electron chi connectivity index (χ4n) is 2.46. The fourth-order valence-corrected chi connectivity index (χ4v) is 2.46. The van der Waals surface area contributed by atoms with E-state index in [0.717, 1.165) is 17.0 Å². The molecule has 2 rings (SSSR count). The van der Waals surface area contributed by atoms with Gasteiger partial charge in [0.05, 0.1) is 30.5 Å². The number of ether oxygens (including phenoxy) is 1. The summed E-state index contributed by atoms with van der Waals surface area (Å²) in [5.41, 5.74) is -0.180. The van der Waals surface area contributed by atoms with Crippen LogP contribution in [0.4, 0.5) is 25.0 Å². The van der Waals surface area contributed by atoms with Crippen molar-refractivity contribution >= 4 is 23.4 Å². The molecule has 1 aromatic carbocycles. The number of halogens is 2. The minimum absolute atomic E-state index is 0.0584. The largest absolute Gasteiger partial charge is 0.481 e. The van der Waals surface area contributed by atoms with Crippen LogP contribution in [0.5, 0.6) is 0 Å². The summed E-state index contributed by atoms with van der Waals surface area (Å²) in [6.07, 6.45) is 0. The van der Waals surface area contributed by atoms with Gasteiger partial charge >= 0.3 is 12.0 Å². The number of carboxylic acid groups (broad SMARTS) is 1. The minimum atomic E-state index is -1.05. The summed E-state index contributed by atoms with van der Waals surface area (Å²) in [5, 5.41) is 11.1. The van der Waals surface area contributed by atoms with Gasteiger partial charge in [-0.25, -0.2) is 13.6 Å². The van der Waals surface area contributed by atoms with Gasteiger partial charge in [0.15, 0.2) is 0 Å². The van der Waals surface area contributed by atoms with E-state index >= 15 is 0 Å². The molecule has 1 aromatic rings. The van der Waals surface area contributed by atoms with Crippen molar-refractivity contribution in [2.45, 2.75) is 6.92 Å². The Morgan fingerprint density at radius 2 is 1.96 bits per heavy atom. The topological polar surface area (TPSA) is 82.1 Å². The van der Waals surface area contributed by atoms with E-state index in [1.54, 1.807) is 4.90 Å². The molecule has 1 aliphatic rings. The summed E-state index contributed by atoms with van der Waals surface area (Å²) >= 11 is 0. The van der Waals surface area contributed by atoms with Gasteiger partial charge in [-0.3, -0.25) is 4.79 Å². The molecule has 1 heterocycles. The number of nitrogens with one attached hydrogen (secondary N) is 1. The summed E-state index contributed by atoms with van der Waals surface area (Å²) in [6.45, 7) is 3.18. The lowest BCUT2D eigenvalue weighted by atomic mass is 10.2. The van der Waals surface area contributed by atoms with Crippen molar-refractivity contribution in [1.29, 1.82) is 0 Å². The fraction of sp³-hybridized carbons (Fsp3) is 0.500. The van der Waals surface area contributed by atoms with Crippen molar-refractivity contribution in [3.8, 4) is 0 Å². The lowest BCUT2D eigenvalue weighted by Crippen LogP contribution is -2.37. The van der Waals surface area contributed by atoms with E-state index in [0.29, 0.717) is 26.3 Å². The van der Waals surface area contributed by atoms with E-state index in [-0.39, 0.29) is 17.9 Å². The second-order valence-corrected chi connectivity index (χ2v) is 5.93. The highest BCUT2D eigenvalue weighted by Crippen LogP contribution is 2.27. The maximum absolute atomic E-state index is 14.3. The number of nitrogens with zero attached hydrogens (tertiary/aromatic N) is 2. The average Bonchev–Trinajstić information content (AvgIpc) is 2.58. The Labute approximate surface area is 144 Å². The molecule has 0 aromatic heterocycles. The van der Waals surface area contributed by atoms with E-state index in [1.165, 1.54) is 14.0 Å². The van der Waals surface area contributed by atoms with E-state index in [2.05, 4.69) is 5.32 Å². The quantitative estimate of drug-likeness (QED) is 0.842. The standard InChI is InChI=1S/C16H21F2N3O4/c1-10(15(22)23)9-20(2)16(24)19-13-7-12(18)14(8-11(13)17)21-3-5-25-6-4-21/h7-8,10H,3-6,9H2,1-2H3,(H,19,24)(H,22,23). The number of rotatable bonds is 5. The Hall–Kier alpha value is -2.42. The summed E-state index contributed by atoms with van der Waals surface area (Å²) in [5.74, 6) is -3.25. The lowest BCUT2D eigenvalue weighted by molar-refractivity contribution is -0.141. The number of urea groups is 1. The first-order valence-electron chi connectivity index (χ1n) is 7.86. The Bertz CT molecular complexity index is 651. The van der Waals surface area contributed by atoms with Gasteiger partial charge in [0.1, 0.15) is 11.6 Å². The summed E-state index contributed by atoms with van der Waals surface area (Å²) in [7, 11) is 1.38. The van der Waals surface area contributed by atoms with Gasteiger partial charge in [0.25, 0.3) is 0 Å². The molecule has 1 aliphatic heterocycles. The molecule has 1 unspecified atom stereocenters. The third kappa shape index (κ3) is 4.79. The number of anilines is 2. The van der Waals surface area contributed by atoms with Crippen LogP contribution in [0.15, 0.2) is 12.1 Å². The molecular weight excluding hydrogens is 336 g/mol. The number of benzene rings is 1. The highest BCUT2D eigenvalue weighted by Gasteiger charge is 2.21. The van der Waals surface area contributed by atoms with Crippen molar-refractivity contribution < 1.29 is 28.2 Å². The maximum atomic E-state index is 14.3. The SMILES string of the molecule is CC(CN(C)C(=O)Nc1cc(F)c(N2CCOCC2)cc1F)C(=O)O. The first-order valence-corrected chi connectivity index (χ1v) is 7.86. The van der Waals surface area contributed by atoms with Crippen LogP contribution < -0.4 is 10.2 Å². The molecule has 25 heavy (non-hydrogen) atoms. The number of morpholine rings is 1. The predicted molar refractivity (Wildman–Crippen MR) is 87.8 cm³/mol. The zero-order valence-electron chi connectivity index (χ0n) is 14.1. The van der Waals surface area contributed by atoms with Gasteiger partial charge in [-0.2, -0.15) is 0 Å². The van der Waals surface area contributed by atoms with Gasteiger partial charge in [-0.05, 0) is 0 Å². The Morgan fingerprint density at radius 3 is 2.56 bits per heavy atom. The van der Waals surface area contributed by atoms with Gasteiger partial charge in [0.2, 0.25) is 0 Å². The Kier molecular flexibility index (Phi) is 6.13. The molecule has 7 nitrogen and oxygen atoms in total. The predicted octanol–water partition coefficient (Wildman–Crippen LogP) is 1.99.